The number of halogens is 1. The molecule has 0 saturated heterocycles. The number of nitro groups is 1. The van der Waals surface area contributed by atoms with E-state index in [2.05, 4.69) is 9.97 Å². The molecule has 0 amide bonds. The van der Waals surface area contributed by atoms with E-state index in [0.717, 1.165) is 11.0 Å². The van der Waals surface area contributed by atoms with Gasteiger partial charge in [0.25, 0.3) is 5.69 Å². The number of nitrogens with one attached hydrogen (secondary N) is 1. The van der Waals surface area contributed by atoms with Crippen LogP contribution in [0.3, 0.4) is 0 Å². The number of aromatic nitrogens is 2. The van der Waals surface area contributed by atoms with Gasteiger partial charge < -0.3 is 4.98 Å². The second-order valence-electron chi connectivity index (χ2n) is 4.38. The summed E-state index contributed by atoms with van der Waals surface area (Å²) in [4.78, 5) is 18.2. The largest absolute Gasteiger partial charge is 0.333 e. The third-order valence-corrected chi connectivity index (χ3v) is 4.13. The Bertz CT molecular complexity index is 819. The summed E-state index contributed by atoms with van der Waals surface area (Å²) >= 11 is 7.35. The molecule has 0 aliphatic heterocycles. The van der Waals surface area contributed by atoms with Gasteiger partial charge in [-0.25, -0.2) is 4.98 Å². The summed E-state index contributed by atoms with van der Waals surface area (Å²) in [7, 11) is 0. The zero-order valence-corrected chi connectivity index (χ0v) is 12.3. The van der Waals surface area contributed by atoms with Gasteiger partial charge in [-0.1, -0.05) is 41.6 Å². The van der Waals surface area contributed by atoms with Crippen molar-refractivity contribution < 1.29 is 4.92 Å². The Kier molecular flexibility index (Phi) is 3.81. The zero-order valence-electron chi connectivity index (χ0n) is 10.7. The molecule has 3 rings (SSSR count). The number of hydrogen-bond acceptors (Lipinski definition) is 4. The van der Waals surface area contributed by atoms with Crippen molar-refractivity contribution in [1.29, 1.82) is 0 Å². The van der Waals surface area contributed by atoms with Gasteiger partial charge in [-0.05, 0) is 18.2 Å². The maximum absolute atomic E-state index is 11.0. The Morgan fingerprint density at radius 2 is 2.10 bits per heavy atom. The fourth-order valence-electron chi connectivity index (χ4n) is 1.98. The number of para-hydroxylation sites is 1. The van der Waals surface area contributed by atoms with Crippen LogP contribution in [0, 0.1) is 10.1 Å². The predicted molar refractivity (Wildman–Crippen MR) is 83.8 cm³/mol. The van der Waals surface area contributed by atoms with Gasteiger partial charge in [0.15, 0.2) is 5.16 Å². The summed E-state index contributed by atoms with van der Waals surface area (Å²) in [5.41, 5.74) is 2.48. The summed E-state index contributed by atoms with van der Waals surface area (Å²) < 4.78 is 0. The number of thioether (sulfide) groups is 1. The highest BCUT2D eigenvalue weighted by atomic mass is 35.5. The van der Waals surface area contributed by atoms with Gasteiger partial charge in [0.1, 0.15) is 0 Å². The third-order valence-electron chi connectivity index (χ3n) is 2.97. The lowest BCUT2D eigenvalue weighted by atomic mass is 10.2. The molecule has 7 heteroatoms. The summed E-state index contributed by atoms with van der Waals surface area (Å²) in [5.74, 6) is 0.477. The average Bonchev–Trinajstić information content (AvgIpc) is 2.87. The van der Waals surface area contributed by atoms with E-state index in [1.807, 2.05) is 6.07 Å². The Morgan fingerprint density at radius 3 is 2.90 bits per heavy atom. The Balaban J connectivity index is 1.82. The molecule has 0 unspecified atom stereocenters. The molecule has 0 spiro atoms. The lowest BCUT2D eigenvalue weighted by Crippen LogP contribution is -1.93. The molecule has 1 heterocycles. The van der Waals surface area contributed by atoms with E-state index in [1.165, 1.54) is 17.8 Å². The summed E-state index contributed by atoms with van der Waals surface area (Å²) in [6.45, 7) is 0. The maximum atomic E-state index is 11.0. The molecule has 5 nitrogen and oxygen atoms in total. The second-order valence-corrected chi connectivity index (χ2v) is 5.78. The number of H-pyrrole nitrogens is 1. The molecule has 0 radical (unpaired) electrons. The van der Waals surface area contributed by atoms with Crippen LogP contribution in [-0.2, 0) is 5.75 Å². The summed E-state index contributed by atoms with van der Waals surface area (Å²) in [5, 5.41) is 12.3. The van der Waals surface area contributed by atoms with Crippen LogP contribution >= 0.6 is 23.4 Å². The normalized spacial score (nSPS) is 10.9. The van der Waals surface area contributed by atoms with E-state index < -0.39 is 0 Å². The van der Waals surface area contributed by atoms with E-state index >= 15 is 0 Å². The number of hydrogen-bond donors (Lipinski definition) is 1. The van der Waals surface area contributed by atoms with Crippen molar-refractivity contribution in [2.75, 3.05) is 0 Å². The fourth-order valence-corrected chi connectivity index (χ4v) is 3.04. The van der Waals surface area contributed by atoms with Gasteiger partial charge >= 0.3 is 0 Å². The van der Waals surface area contributed by atoms with Crippen LogP contribution < -0.4 is 0 Å². The smallest absolute Gasteiger partial charge is 0.273 e. The first-order chi connectivity index (χ1) is 10.1. The predicted octanol–water partition coefficient (Wildman–Crippen LogP) is 4.42. The SMILES string of the molecule is O=[N+]([O-])c1ccccc1CSc1nc2ccc(Cl)cc2[nH]1. The molecule has 0 saturated carbocycles. The highest BCUT2D eigenvalue weighted by molar-refractivity contribution is 7.98. The zero-order chi connectivity index (χ0) is 14.8. The van der Waals surface area contributed by atoms with Crippen molar-refractivity contribution in [3.8, 4) is 0 Å². The van der Waals surface area contributed by atoms with E-state index in [4.69, 9.17) is 11.6 Å². The van der Waals surface area contributed by atoms with Gasteiger partial charge in [-0.15, -0.1) is 0 Å². The number of nitro benzene ring substituents is 1. The van der Waals surface area contributed by atoms with E-state index in [1.54, 1.807) is 30.3 Å². The van der Waals surface area contributed by atoms with Crippen LogP contribution in [0.25, 0.3) is 11.0 Å². The lowest BCUT2D eigenvalue weighted by Gasteiger charge is -2.00. The molecule has 0 bridgehead atoms. The molecule has 0 aliphatic rings. The van der Waals surface area contributed by atoms with Crippen LogP contribution in [0.15, 0.2) is 47.6 Å². The fraction of sp³-hybridized carbons (Fsp3) is 0.0714. The highest BCUT2D eigenvalue weighted by Crippen LogP contribution is 2.28. The third kappa shape index (κ3) is 3.01. The molecule has 1 aromatic heterocycles. The summed E-state index contributed by atoms with van der Waals surface area (Å²) in [6.07, 6.45) is 0. The Hall–Kier alpha value is -2.05. The van der Waals surface area contributed by atoms with Crippen molar-refractivity contribution >= 4 is 40.1 Å². The molecular weight excluding hydrogens is 310 g/mol. The van der Waals surface area contributed by atoms with Crippen molar-refractivity contribution in [3.05, 3.63) is 63.2 Å². The summed E-state index contributed by atoms with van der Waals surface area (Å²) in [6, 6.07) is 12.1. The molecule has 0 atom stereocenters. The number of aromatic amines is 1. The molecule has 2 aromatic carbocycles. The minimum Gasteiger partial charge on any atom is -0.333 e. The van der Waals surface area contributed by atoms with Crippen molar-refractivity contribution in [2.45, 2.75) is 10.9 Å². The van der Waals surface area contributed by atoms with Crippen LogP contribution in [0.2, 0.25) is 5.02 Å². The van der Waals surface area contributed by atoms with E-state index in [-0.39, 0.29) is 10.6 Å². The van der Waals surface area contributed by atoms with Crippen LogP contribution in [-0.4, -0.2) is 14.9 Å². The number of benzene rings is 2. The van der Waals surface area contributed by atoms with Gasteiger partial charge in [0.2, 0.25) is 0 Å². The molecule has 0 fully saturated rings. The number of nitrogens with zero attached hydrogens (tertiary/aromatic N) is 2. The minimum atomic E-state index is -0.367. The maximum Gasteiger partial charge on any atom is 0.273 e. The first-order valence-corrected chi connectivity index (χ1v) is 7.50. The highest BCUT2D eigenvalue weighted by Gasteiger charge is 2.13. The van der Waals surface area contributed by atoms with E-state index in [0.29, 0.717) is 21.5 Å². The van der Waals surface area contributed by atoms with Crippen LogP contribution in [0.5, 0.6) is 0 Å². The molecular formula is C14H10ClN3O2S. The topological polar surface area (TPSA) is 71.8 Å². The first-order valence-electron chi connectivity index (χ1n) is 6.14. The average molecular weight is 320 g/mol. The van der Waals surface area contributed by atoms with Gasteiger partial charge in [0.05, 0.1) is 16.0 Å². The molecule has 21 heavy (non-hydrogen) atoms. The van der Waals surface area contributed by atoms with Gasteiger partial charge in [0, 0.05) is 22.4 Å². The monoisotopic (exact) mass is 319 g/mol. The molecule has 1 N–H and O–H groups in total. The first kappa shape index (κ1) is 13.9. The lowest BCUT2D eigenvalue weighted by molar-refractivity contribution is -0.385. The number of rotatable bonds is 4. The standard InChI is InChI=1S/C14H10ClN3O2S/c15-10-5-6-11-12(7-10)17-14(16-11)21-8-9-3-1-2-4-13(9)18(19)20/h1-7H,8H2,(H,16,17). The molecule has 106 valence electrons. The van der Waals surface area contributed by atoms with Crippen molar-refractivity contribution in [1.82, 2.24) is 9.97 Å². The number of imidazole rings is 1. The van der Waals surface area contributed by atoms with Crippen molar-refractivity contribution in [2.24, 2.45) is 0 Å². The quantitative estimate of drug-likeness (QED) is 0.439. The molecule has 0 aliphatic carbocycles. The van der Waals surface area contributed by atoms with Crippen molar-refractivity contribution in [3.63, 3.8) is 0 Å². The van der Waals surface area contributed by atoms with Gasteiger partial charge in [-0.2, -0.15) is 0 Å². The van der Waals surface area contributed by atoms with E-state index in [9.17, 15) is 10.1 Å². The van der Waals surface area contributed by atoms with Crippen LogP contribution in [0.1, 0.15) is 5.56 Å². The number of fused-ring (bicyclic) bond motifs is 1. The Morgan fingerprint density at radius 1 is 1.29 bits per heavy atom. The van der Waals surface area contributed by atoms with Crippen LogP contribution in [0.4, 0.5) is 5.69 Å². The Labute approximate surface area is 129 Å². The van der Waals surface area contributed by atoms with Gasteiger partial charge in [-0.3, -0.25) is 10.1 Å². The second kappa shape index (κ2) is 5.75. The molecule has 3 aromatic rings. The minimum absolute atomic E-state index is 0.129.